The van der Waals surface area contributed by atoms with Crippen LogP contribution in [0, 0.1) is 6.92 Å². The molecule has 0 saturated heterocycles. The fourth-order valence-corrected chi connectivity index (χ4v) is 6.44. The number of nitrogens with one attached hydrogen (secondary N) is 1. The van der Waals surface area contributed by atoms with Crippen molar-refractivity contribution >= 4 is 39.1 Å². The maximum Gasteiger partial charge on any atom is 0.416 e. The Morgan fingerprint density at radius 3 is 2.04 bits per heavy atom. The number of rotatable bonds is 11. The number of carbonyl (C=O) groups is 2. The van der Waals surface area contributed by atoms with E-state index in [2.05, 4.69) is 5.32 Å². The summed E-state index contributed by atoms with van der Waals surface area (Å²) in [6.45, 7) is 0.868. The van der Waals surface area contributed by atoms with E-state index in [-0.39, 0.29) is 22.9 Å². The van der Waals surface area contributed by atoms with Crippen LogP contribution in [0.4, 0.5) is 18.9 Å². The number of aryl methyl sites for hydroxylation is 1. The summed E-state index contributed by atoms with van der Waals surface area (Å²) >= 11 is 6.32. The molecule has 4 aromatic carbocycles. The molecule has 0 aliphatic heterocycles. The lowest BCUT2D eigenvalue weighted by molar-refractivity contribution is -0.139. The Hall–Kier alpha value is -4.35. The average molecular weight is 658 g/mol. The van der Waals surface area contributed by atoms with Crippen LogP contribution in [-0.2, 0) is 38.8 Å². The van der Waals surface area contributed by atoms with Crippen molar-refractivity contribution in [1.29, 1.82) is 0 Å². The molecule has 0 aliphatic carbocycles. The Kier molecular flexibility index (Phi) is 10.6. The van der Waals surface area contributed by atoms with Crippen molar-refractivity contribution in [2.45, 2.75) is 37.0 Å². The van der Waals surface area contributed by atoms with E-state index in [4.69, 9.17) is 11.6 Å². The van der Waals surface area contributed by atoms with Crippen LogP contribution in [0.5, 0.6) is 0 Å². The second-order valence-electron chi connectivity index (χ2n) is 10.3. The zero-order valence-electron chi connectivity index (χ0n) is 24.5. The minimum atomic E-state index is -4.82. The molecule has 236 valence electrons. The first-order chi connectivity index (χ1) is 21.3. The van der Waals surface area contributed by atoms with Gasteiger partial charge in [-0.3, -0.25) is 13.9 Å². The molecule has 0 aliphatic rings. The van der Waals surface area contributed by atoms with E-state index in [9.17, 15) is 31.2 Å². The molecule has 0 unspecified atom stereocenters. The van der Waals surface area contributed by atoms with E-state index in [1.807, 2.05) is 19.1 Å². The highest BCUT2D eigenvalue weighted by Gasteiger charge is 2.37. The lowest BCUT2D eigenvalue weighted by Gasteiger charge is -2.34. The van der Waals surface area contributed by atoms with Crippen molar-refractivity contribution in [3.8, 4) is 0 Å². The maximum absolute atomic E-state index is 14.3. The molecule has 0 saturated carbocycles. The van der Waals surface area contributed by atoms with Gasteiger partial charge in [-0.1, -0.05) is 90.0 Å². The SMILES string of the molecule is CNC(=O)[C@@H](Cc1ccccc1)N(Cc1ccc(C)cc1)C(=O)CN(c1cc(C(F)(F)F)ccc1Cl)S(=O)(=O)c1ccccc1. The Balaban J connectivity index is 1.85. The molecule has 0 spiro atoms. The van der Waals surface area contributed by atoms with Gasteiger partial charge >= 0.3 is 6.18 Å². The summed E-state index contributed by atoms with van der Waals surface area (Å²) in [7, 11) is -3.20. The maximum atomic E-state index is 14.3. The lowest BCUT2D eigenvalue weighted by atomic mass is 10.0. The minimum absolute atomic E-state index is 0.0837. The van der Waals surface area contributed by atoms with Crippen LogP contribution in [0.1, 0.15) is 22.3 Å². The molecule has 12 heteroatoms. The number of hydrogen-bond acceptors (Lipinski definition) is 4. The molecule has 0 bridgehead atoms. The van der Waals surface area contributed by atoms with Crippen LogP contribution >= 0.6 is 11.6 Å². The van der Waals surface area contributed by atoms with Crippen LogP contribution < -0.4 is 9.62 Å². The van der Waals surface area contributed by atoms with Crippen LogP contribution in [0.2, 0.25) is 5.02 Å². The number of sulfonamides is 1. The van der Waals surface area contributed by atoms with Gasteiger partial charge in [0, 0.05) is 20.0 Å². The zero-order chi connectivity index (χ0) is 32.8. The summed E-state index contributed by atoms with van der Waals surface area (Å²) in [6, 6.07) is 24.4. The molecule has 0 radical (unpaired) electrons. The largest absolute Gasteiger partial charge is 0.416 e. The highest BCUT2D eigenvalue weighted by atomic mass is 35.5. The van der Waals surface area contributed by atoms with Gasteiger partial charge in [-0.15, -0.1) is 0 Å². The van der Waals surface area contributed by atoms with E-state index in [0.29, 0.717) is 15.9 Å². The molecule has 0 aromatic heterocycles. The normalized spacial score (nSPS) is 12.3. The smallest absolute Gasteiger partial charge is 0.357 e. The Bertz CT molecular complexity index is 1740. The summed E-state index contributed by atoms with van der Waals surface area (Å²) in [4.78, 5) is 28.6. The summed E-state index contributed by atoms with van der Waals surface area (Å²) in [5.74, 6) is -1.33. The average Bonchev–Trinajstić information content (AvgIpc) is 3.02. The quantitative estimate of drug-likeness (QED) is 0.207. The van der Waals surface area contributed by atoms with Gasteiger partial charge in [0.1, 0.15) is 12.6 Å². The van der Waals surface area contributed by atoms with Crippen molar-refractivity contribution in [2.24, 2.45) is 0 Å². The van der Waals surface area contributed by atoms with E-state index in [1.165, 1.54) is 36.2 Å². The van der Waals surface area contributed by atoms with Gasteiger partial charge in [0.15, 0.2) is 0 Å². The van der Waals surface area contributed by atoms with Gasteiger partial charge in [0.25, 0.3) is 10.0 Å². The second-order valence-corrected chi connectivity index (χ2v) is 12.6. The Morgan fingerprint density at radius 2 is 1.47 bits per heavy atom. The molecule has 4 aromatic rings. The Morgan fingerprint density at radius 1 is 0.867 bits per heavy atom. The molecular weight excluding hydrogens is 627 g/mol. The van der Waals surface area contributed by atoms with Gasteiger partial charge in [-0.05, 0) is 48.4 Å². The lowest BCUT2D eigenvalue weighted by Crippen LogP contribution is -2.53. The van der Waals surface area contributed by atoms with Crippen molar-refractivity contribution < 1.29 is 31.2 Å². The number of nitrogens with zero attached hydrogens (tertiary/aromatic N) is 2. The number of amides is 2. The van der Waals surface area contributed by atoms with E-state index in [1.54, 1.807) is 48.5 Å². The molecule has 4 rings (SSSR count). The first-order valence-electron chi connectivity index (χ1n) is 13.9. The van der Waals surface area contributed by atoms with Gasteiger partial charge in [-0.25, -0.2) is 8.42 Å². The van der Waals surface area contributed by atoms with Crippen LogP contribution in [0.25, 0.3) is 0 Å². The highest BCUT2D eigenvalue weighted by Crippen LogP contribution is 2.37. The van der Waals surface area contributed by atoms with Gasteiger partial charge < -0.3 is 10.2 Å². The monoisotopic (exact) mass is 657 g/mol. The predicted molar refractivity (Wildman–Crippen MR) is 167 cm³/mol. The van der Waals surface area contributed by atoms with Gasteiger partial charge in [0.05, 0.1) is 21.2 Å². The molecule has 0 fully saturated rings. The number of benzene rings is 4. The topological polar surface area (TPSA) is 86.8 Å². The van der Waals surface area contributed by atoms with E-state index < -0.39 is 51.9 Å². The Labute approximate surface area is 265 Å². The van der Waals surface area contributed by atoms with E-state index in [0.717, 1.165) is 23.3 Å². The van der Waals surface area contributed by atoms with E-state index >= 15 is 0 Å². The van der Waals surface area contributed by atoms with Gasteiger partial charge in [0.2, 0.25) is 11.8 Å². The van der Waals surface area contributed by atoms with Crippen LogP contribution in [-0.4, -0.2) is 44.8 Å². The first-order valence-corrected chi connectivity index (χ1v) is 15.7. The van der Waals surface area contributed by atoms with Crippen molar-refractivity contribution in [2.75, 3.05) is 17.9 Å². The summed E-state index contributed by atoms with van der Waals surface area (Å²) in [5.41, 5.74) is 0.682. The summed E-state index contributed by atoms with van der Waals surface area (Å²) < 4.78 is 69.8. The summed E-state index contributed by atoms with van der Waals surface area (Å²) in [5, 5.41) is 2.27. The number of hydrogen-bond donors (Lipinski definition) is 1. The fraction of sp³-hybridized carbons (Fsp3) is 0.212. The van der Waals surface area contributed by atoms with Crippen molar-refractivity contribution in [3.63, 3.8) is 0 Å². The number of likely N-dealkylation sites (N-methyl/N-ethyl adjacent to an activating group) is 1. The molecule has 7 nitrogen and oxygen atoms in total. The second kappa shape index (κ2) is 14.2. The number of alkyl halides is 3. The minimum Gasteiger partial charge on any atom is -0.357 e. The summed E-state index contributed by atoms with van der Waals surface area (Å²) in [6.07, 6.45) is -4.73. The molecule has 2 amide bonds. The predicted octanol–water partition coefficient (Wildman–Crippen LogP) is 6.25. The molecule has 45 heavy (non-hydrogen) atoms. The van der Waals surface area contributed by atoms with Crippen molar-refractivity contribution in [1.82, 2.24) is 10.2 Å². The van der Waals surface area contributed by atoms with Crippen LogP contribution in [0.15, 0.2) is 108 Å². The fourth-order valence-electron chi connectivity index (χ4n) is 4.72. The standard InChI is InChI=1S/C33H31ClF3N3O4S/c1-23-13-15-25(16-14-23)21-39(30(32(42)38-2)19-24-9-5-3-6-10-24)31(41)22-40(45(43,44)27-11-7-4-8-12-27)29-20-26(33(35,36)37)17-18-28(29)34/h3-18,20,30H,19,21-22H2,1-2H3,(H,38,42)/t30-/m1/s1. The molecule has 1 N–H and O–H groups in total. The molecule has 1 atom stereocenters. The molecule has 0 heterocycles. The number of carbonyl (C=O) groups excluding carboxylic acids is 2. The van der Waals surface area contributed by atoms with Gasteiger partial charge in [-0.2, -0.15) is 13.2 Å². The van der Waals surface area contributed by atoms with Crippen LogP contribution in [0.3, 0.4) is 0 Å². The third-order valence-electron chi connectivity index (χ3n) is 7.14. The molecular formula is C33H31ClF3N3O4S. The highest BCUT2D eigenvalue weighted by molar-refractivity contribution is 7.92. The third-order valence-corrected chi connectivity index (χ3v) is 9.24. The third kappa shape index (κ3) is 8.23. The number of halogens is 4. The first kappa shape index (κ1) is 33.5. The number of anilines is 1. The van der Waals surface area contributed by atoms with Crippen molar-refractivity contribution in [3.05, 3.63) is 130 Å². The zero-order valence-corrected chi connectivity index (χ0v) is 26.0.